The van der Waals surface area contributed by atoms with Gasteiger partial charge in [0.2, 0.25) is 5.91 Å². The van der Waals surface area contributed by atoms with Crippen LogP contribution >= 0.6 is 11.8 Å². The number of nitrogens with zero attached hydrogens (tertiary/aromatic N) is 2. The second kappa shape index (κ2) is 6.78. The van der Waals surface area contributed by atoms with E-state index in [1.54, 1.807) is 12.1 Å². The van der Waals surface area contributed by atoms with Gasteiger partial charge in [-0.15, -0.1) is 10.2 Å². The molecule has 0 unspecified atom stereocenters. The van der Waals surface area contributed by atoms with E-state index in [0.717, 1.165) is 24.6 Å². The van der Waals surface area contributed by atoms with Crippen LogP contribution < -0.4 is 10.6 Å². The lowest BCUT2D eigenvalue weighted by Gasteiger charge is -2.03. The number of imide groups is 1. The normalized spacial score (nSPS) is 13.6. The molecular weight excluding hydrogens is 323 g/mol. The van der Waals surface area contributed by atoms with Crippen LogP contribution in [0.4, 0.5) is 9.18 Å². The van der Waals surface area contributed by atoms with Gasteiger partial charge in [-0.1, -0.05) is 23.9 Å². The lowest BCUT2D eigenvalue weighted by atomic mass is 10.2. The van der Waals surface area contributed by atoms with Crippen LogP contribution in [0.5, 0.6) is 0 Å². The van der Waals surface area contributed by atoms with Crippen molar-refractivity contribution in [3.8, 4) is 11.5 Å². The third-order valence-electron chi connectivity index (χ3n) is 3.00. The Hall–Kier alpha value is -2.42. The maximum atomic E-state index is 13.6. The number of halogens is 1. The first-order chi connectivity index (χ1) is 11.1. The molecule has 1 aliphatic carbocycles. The highest BCUT2D eigenvalue weighted by molar-refractivity contribution is 7.99. The van der Waals surface area contributed by atoms with E-state index in [2.05, 4.69) is 20.8 Å². The standard InChI is InChI=1S/C14H13FN4O3S/c15-10-4-2-1-3-9(10)12-18-19-14(22-12)23-7-11(20)17-13(21)16-8-5-6-8/h1-4,8H,5-7H2,(H2,16,17,20,21). The zero-order chi connectivity index (χ0) is 16.2. The molecule has 0 bridgehead atoms. The fourth-order valence-electron chi connectivity index (χ4n) is 1.75. The summed E-state index contributed by atoms with van der Waals surface area (Å²) in [6.07, 6.45) is 1.88. The summed E-state index contributed by atoms with van der Waals surface area (Å²) in [4.78, 5) is 23.0. The number of hydrogen-bond donors (Lipinski definition) is 2. The molecule has 0 spiro atoms. The molecule has 0 radical (unpaired) electrons. The number of rotatable bonds is 5. The number of carbonyl (C=O) groups is 2. The van der Waals surface area contributed by atoms with Crippen molar-refractivity contribution in [3.63, 3.8) is 0 Å². The number of nitrogens with one attached hydrogen (secondary N) is 2. The van der Waals surface area contributed by atoms with E-state index in [4.69, 9.17) is 4.42 Å². The zero-order valence-corrected chi connectivity index (χ0v) is 12.7. The van der Waals surface area contributed by atoms with Crippen molar-refractivity contribution in [2.75, 3.05) is 5.75 Å². The fourth-order valence-corrected chi connectivity index (χ4v) is 2.31. The smallest absolute Gasteiger partial charge is 0.321 e. The molecule has 3 rings (SSSR count). The number of benzene rings is 1. The van der Waals surface area contributed by atoms with Gasteiger partial charge in [-0.25, -0.2) is 9.18 Å². The Morgan fingerprint density at radius 3 is 2.83 bits per heavy atom. The Balaban J connectivity index is 1.52. The highest BCUT2D eigenvalue weighted by atomic mass is 32.2. The van der Waals surface area contributed by atoms with Gasteiger partial charge in [0.25, 0.3) is 11.1 Å². The first-order valence-electron chi connectivity index (χ1n) is 6.93. The summed E-state index contributed by atoms with van der Waals surface area (Å²) >= 11 is 0.972. The topological polar surface area (TPSA) is 97.1 Å². The van der Waals surface area contributed by atoms with Gasteiger partial charge in [-0.2, -0.15) is 0 Å². The average Bonchev–Trinajstić information content (AvgIpc) is 3.20. The van der Waals surface area contributed by atoms with E-state index in [9.17, 15) is 14.0 Å². The molecule has 3 amide bonds. The van der Waals surface area contributed by atoms with Crippen molar-refractivity contribution in [2.24, 2.45) is 0 Å². The van der Waals surface area contributed by atoms with Gasteiger partial charge in [0, 0.05) is 6.04 Å². The lowest BCUT2D eigenvalue weighted by Crippen LogP contribution is -2.41. The predicted molar refractivity (Wildman–Crippen MR) is 80.1 cm³/mol. The number of carbonyl (C=O) groups excluding carboxylic acids is 2. The highest BCUT2D eigenvalue weighted by Gasteiger charge is 2.24. The van der Waals surface area contributed by atoms with Gasteiger partial charge in [0.15, 0.2) is 0 Å². The molecule has 9 heteroatoms. The Labute approximate surface area is 135 Å². The molecule has 1 fully saturated rings. The summed E-state index contributed by atoms with van der Waals surface area (Å²) < 4.78 is 18.9. The van der Waals surface area contributed by atoms with Crippen molar-refractivity contribution < 1.29 is 18.4 Å². The van der Waals surface area contributed by atoms with Gasteiger partial charge in [0.05, 0.1) is 11.3 Å². The maximum absolute atomic E-state index is 13.6. The van der Waals surface area contributed by atoms with Crippen molar-refractivity contribution in [1.29, 1.82) is 0 Å². The molecule has 2 N–H and O–H groups in total. The lowest BCUT2D eigenvalue weighted by molar-refractivity contribution is -0.117. The minimum Gasteiger partial charge on any atom is -0.411 e. The Bertz CT molecular complexity index is 732. The molecule has 7 nitrogen and oxygen atoms in total. The monoisotopic (exact) mass is 336 g/mol. The van der Waals surface area contributed by atoms with Crippen LogP contribution in [0.25, 0.3) is 11.5 Å². The molecule has 1 aromatic heterocycles. The van der Waals surface area contributed by atoms with Gasteiger partial charge in [-0.05, 0) is 25.0 Å². The van der Waals surface area contributed by atoms with Crippen molar-refractivity contribution in [2.45, 2.75) is 24.1 Å². The summed E-state index contributed by atoms with van der Waals surface area (Å²) in [6, 6.07) is 5.69. The van der Waals surface area contributed by atoms with Crippen LogP contribution in [-0.2, 0) is 4.79 Å². The summed E-state index contributed by atoms with van der Waals surface area (Å²) in [6.45, 7) is 0. The molecule has 1 aliphatic rings. The summed E-state index contributed by atoms with van der Waals surface area (Å²) in [7, 11) is 0. The second-order valence-corrected chi connectivity index (χ2v) is 5.86. The Kier molecular flexibility index (Phi) is 4.56. The number of urea groups is 1. The minimum absolute atomic E-state index is 0.0393. The third-order valence-corrected chi connectivity index (χ3v) is 3.82. The van der Waals surface area contributed by atoms with Gasteiger partial charge in [0.1, 0.15) is 5.82 Å². The highest BCUT2D eigenvalue weighted by Crippen LogP contribution is 2.24. The summed E-state index contributed by atoms with van der Waals surface area (Å²) in [5, 5.41) is 12.5. The average molecular weight is 336 g/mol. The van der Waals surface area contributed by atoms with E-state index in [1.165, 1.54) is 12.1 Å². The van der Waals surface area contributed by atoms with Crippen LogP contribution in [0, 0.1) is 5.82 Å². The van der Waals surface area contributed by atoms with E-state index in [-0.39, 0.29) is 28.5 Å². The minimum atomic E-state index is -0.504. The SMILES string of the molecule is O=C(CSc1nnc(-c2ccccc2F)o1)NC(=O)NC1CC1. The van der Waals surface area contributed by atoms with Crippen molar-refractivity contribution >= 4 is 23.7 Å². The third kappa shape index (κ3) is 4.28. The van der Waals surface area contributed by atoms with Crippen LogP contribution in [0.2, 0.25) is 0 Å². The molecular formula is C14H13FN4O3S. The van der Waals surface area contributed by atoms with E-state index in [1.807, 2.05) is 0 Å². The van der Waals surface area contributed by atoms with Gasteiger partial charge < -0.3 is 9.73 Å². The van der Waals surface area contributed by atoms with Crippen LogP contribution in [0.1, 0.15) is 12.8 Å². The molecule has 1 aromatic carbocycles. The first-order valence-corrected chi connectivity index (χ1v) is 7.92. The molecule has 0 saturated heterocycles. The zero-order valence-electron chi connectivity index (χ0n) is 11.9. The quantitative estimate of drug-likeness (QED) is 0.810. The molecule has 0 atom stereocenters. The van der Waals surface area contributed by atoms with E-state index < -0.39 is 17.8 Å². The number of hydrogen-bond acceptors (Lipinski definition) is 6. The molecule has 1 heterocycles. The summed E-state index contributed by atoms with van der Waals surface area (Å²) in [5.74, 6) is -0.963. The summed E-state index contributed by atoms with van der Waals surface area (Å²) in [5.41, 5.74) is 0.195. The molecule has 120 valence electrons. The van der Waals surface area contributed by atoms with Crippen LogP contribution in [0.3, 0.4) is 0 Å². The number of amides is 3. The second-order valence-electron chi connectivity index (χ2n) is 4.94. The molecule has 23 heavy (non-hydrogen) atoms. The van der Waals surface area contributed by atoms with Gasteiger partial charge >= 0.3 is 6.03 Å². The van der Waals surface area contributed by atoms with Crippen molar-refractivity contribution in [1.82, 2.24) is 20.8 Å². The van der Waals surface area contributed by atoms with Crippen molar-refractivity contribution in [3.05, 3.63) is 30.1 Å². The molecule has 1 saturated carbocycles. The first kappa shape index (κ1) is 15.5. The van der Waals surface area contributed by atoms with Crippen LogP contribution in [-0.4, -0.2) is 33.9 Å². The molecule has 0 aliphatic heterocycles. The molecule has 2 aromatic rings. The van der Waals surface area contributed by atoms with E-state index in [0.29, 0.717) is 0 Å². The predicted octanol–water partition coefficient (Wildman–Crippen LogP) is 1.96. The van der Waals surface area contributed by atoms with Gasteiger partial charge in [-0.3, -0.25) is 10.1 Å². The largest absolute Gasteiger partial charge is 0.411 e. The number of aromatic nitrogens is 2. The maximum Gasteiger partial charge on any atom is 0.321 e. The van der Waals surface area contributed by atoms with Crippen LogP contribution in [0.15, 0.2) is 33.9 Å². The fraction of sp³-hybridized carbons (Fsp3) is 0.286. The Morgan fingerprint density at radius 1 is 1.30 bits per heavy atom. The van der Waals surface area contributed by atoms with E-state index >= 15 is 0 Å². The Morgan fingerprint density at radius 2 is 2.09 bits per heavy atom. The number of thioether (sulfide) groups is 1.